The van der Waals surface area contributed by atoms with Crippen LogP contribution in [0.1, 0.15) is 31.9 Å². The normalized spacial score (nSPS) is 14.7. The number of benzene rings is 1. The third-order valence-electron chi connectivity index (χ3n) is 6.65. The van der Waals surface area contributed by atoms with Crippen LogP contribution >= 0.6 is 11.8 Å². The van der Waals surface area contributed by atoms with Crippen molar-refractivity contribution in [1.29, 1.82) is 0 Å². The second-order valence-corrected chi connectivity index (χ2v) is 13.1. The lowest BCUT2D eigenvalue weighted by molar-refractivity contribution is 0.311. The van der Waals surface area contributed by atoms with Gasteiger partial charge in [-0.2, -0.15) is 5.10 Å². The summed E-state index contributed by atoms with van der Waals surface area (Å²) in [6.07, 6.45) is 3.38. The quantitative estimate of drug-likeness (QED) is 0.328. The molecule has 0 unspecified atom stereocenters. The Balaban J connectivity index is 1.62. The number of H-pyrrole nitrogens is 1. The standard InChI is InChI=1S/C26H37N7O3S2/c1-6-38(34,35)21-9-7-20(8-10-21)37-26-28-24(27-22-17-18(2)30-31-22)23(36-5)25(29-26)33-15-12-19(13-16-33)11-14-32(3)4/h7-10,17,19H,6,11-16H2,1-5H3,(H2,27,28,29,30,31). The highest BCUT2D eigenvalue weighted by Crippen LogP contribution is 2.39. The average molecular weight is 560 g/mol. The van der Waals surface area contributed by atoms with Crippen LogP contribution in [0, 0.1) is 12.8 Å². The van der Waals surface area contributed by atoms with Crippen LogP contribution in [0.2, 0.25) is 0 Å². The molecule has 3 heterocycles. The Labute approximate surface area is 229 Å². The number of aryl methyl sites for hydroxylation is 1. The van der Waals surface area contributed by atoms with Crippen LogP contribution in [-0.2, 0) is 9.84 Å². The molecule has 12 heteroatoms. The fourth-order valence-electron chi connectivity index (χ4n) is 4.42. The van der Waals surface area contributed by atoms with E-state index in [-0.39, 0.29) is 5.75 Å². The van der Waals surface area contributed by atoms with Gasteiger partial charge >= 0.3 is 0 Å². The summed E-state index contributed by atoms with van der Waals surface area (Å²) < 4.78 is 30.3. The molecular weight excluding hydrogens is 522 g/mol. The van der Waals surface area contributed by atoms with Crippen LogP contribution < -0.4 is 15.0 Å². The first-order valence-electron chi connectivity index (χ1n) is 12.8. The first-order valence-corrected chi connectivity index (χ1v) is 15.3. The van der Waals surface area contributed by atoms with Crippen LogP contribution in [0.5, 0.6) is 5.75 Å². The molecule has 4 rings (SSSR count). The molecule has 0 bridgehead atoms. The Morgan fingerprint density at radius 1 is 1.18 bits per heavy atom. The second-order valence-electron chi connectivity index (χ2n) is 9.77. The smallest absolute Gasteiger partial charge is 0.204 e. The van der Waals surface area contributed by atoms with Crippen molar-refractivity contribution in [2.75, 3.05) is 56.8 Å². The van der Waals surface area contributed by atoms with E-state index >= 15 is 0 Å². The minimum absolute atomic E-state index is 0.0674. The van der Waals surface area contributed by atoms with Gasteiger partial charge in [-0.25, -0.2) is 18.4 Å². The number of nitrogens with zero attached hydrogens (tertiary/aromatic N) is 5. The molecule has 0 aliphatic carbocycles. The fourth-order valence-corrected chi connectivity index (χ4v) is 6.05. The zero-order chi connectivity index (χ0) is 27.3. The third-order valence-corrected chi connectivity index (χ3v) is 9.28. The van der Waals surface area contributed by atoms with Crippen LogP contribution in [-0.4, -0.2) is 80.1 Å². The number of sulfone groups is 1. The van der Waals surface area contributed by atoms with Gasteiger partial charge in [-0.3, -0.25) is 5.10 Å². The first kappa shape index (κ1) is 28.2. The summed E-state index contributed by atoms with van der Waals surface area (Å²) in [6, 6.07) is 8.75. The molecule has 38 heavy (non-hydrogen) atoms. The Bertz CT molecular complexity index is 1320. The molecule has 0 spiro atoms. The van der Waals surface area contributed by atoms with Gasteiger partial charge in [0.15, 0.2) is 32.4 Å². The molecule has 0 amide bonds. The molecule has 1 fully saturated rings. The number of anilines is 3. The van der Waals surface area contributed by atoms with Crippen LogP contribution in [0.3, 0.4) is 0 Å². The molecule has 10 nitrogen and oxygen atoms in total. The summed E-state index contributed by atoms with van der Waals surface area (Å²) in [5.41, 5.74) is 0.928. The zero-order valence-corrected chi connectivity index (χ0v) is 24.3. The largest absolute Gasteiger partial charge is 0.490 e. The van der Waals surface area contributed by atoms with E-state index in [0.717, 1.165) is 48.9 Å². The van der Waals surface area contributed by atoms with Crippen LogP contribution in [0.4, 0.5) is 17.5 Å². The van der Waals surface area contributed by atoms with E-state index in [4.69, 9.17) is 14.7 Å². The maximum Gasteiger partial charge on any atom is 0.204 e. The summed E-state index contributed by atoms with van der Waals surface area (Å²) in [4.78, 5) is 15.3. The number of rotatable bonds is 11. The molecule has 1 aromatic carbocycles. The van der Waals surface area contributed by atoms with Crippen molar-refractivity contribution in [3.8, 4) is 5.75 Å². The summed E-state index contributed by atoms with van der Waals surface area (Å²) in [6.45, 7) is 6.45. The number of nitrogens with one attached hydrogen (secondary N) is 2. The van der Waals surface area contributed by atoms with Crippen molar-refractivity contribution in [3.05, 3.63) is 36.0 Å². The summed E-state index contributed by atoms with van der Waals surface area (Å²) in [5.74, 6) is 3.25. The monoisotopic (exact) mass is 559 g/mol. The topological polar surface area (TPSA) is 116 Å². The van der Waals surface area contributed by atoms with E-state index in [2.05, 4.69) is 39.4 Å². The third kappa shape index (κ3) is 6.97. The summed E-state index contributed by atoms with van der Waals surface area (Å²) >= 11 is 1.38. The van der Waals surface area contributed by atoms with Crippen molar-refractivity contribution < 1.29 is 13.2 Å². The van der Waals surface area contributed by atoms with Gasteiger partial charge < -0.3 is 19.9 Å². The fraction of sp³-hybridized carbons (Fsp3) is 0.500. The highest BCUT2D eigenvalue weighted by atomic mass is 32.2. The molecule has 1 aliphatic heterocycles. The van der Waals surface area contributed by atoms with Gasteiger partial charge in [0, 0.05) is 29.7 Å². The molecule has 0 atom stereocenters. The molecule has 206 valence electrons. The Kier molecular flexibility index (Phi) is 9.16. The van der Waals surface area contributed by atoms with Crippen molar-refractivity contribution >= 4 is 39.1 Å². The van der Waals surface area contributed by atoms with Crippen LogP contribution in [0.25, 0.3) is 0 Å². The van der Waals surface area contributed by atoms with Gasteiger partial charge in [0.25, 0.3) is 0 Å². The number of ether oxygens (including phenoxy) is 1. The second kappa shape index (κ2) is 12.4. The molecule has 2 aromatic heterocycles. The average Bonchev–Trinajstić information content (AvgIpc) is 3.32. The molecule has 0 radical (unpaired) electrons. The maximum absolute atomic E-state index is 12.2. The minimum Gasteiger partial charge on any atom is -0.490 e. The van der Waals surface area contributed by atoms with Crippen molar-refractivity contribution in [2.24, 2.45) is 5.92 Å². The molecule has 1 aliphatic rings. The lowest BCUT2D eigenvalue weighted by Gasteiger charge is -2.34. The van der Waals surface area contributed by atoms with E-state index in [1.807, 2.05) is 13.0 Å². The van der Waals surface area contributed by atoms with Crippen molar-refractivity contribution in [1.82, 2.24) is 25.1 Å². The zero-order valence-electron chi connectivity index (χ0n) is 22.7. The summed E-state index contributed by atoms with van der Waals surface area (Å²) in [7, 11) is 2.61. The summed E-state index contributed by atoms with van der Waals surface area (Å²) in [5, 5.41) is 11.1. The predicted molar refractivity (Wildman–Crippen MR) is 152 cm³/mol. The predicted octanol–water partition coefficient (Wildman–Crippen LogP) is 4.37. The Morgan fingerprint density at radius 2 is 1.89 bits per heavy atom. The van der Waals surface area contributed by atoms with E-state index in [0.29, 0.717) is 33.4 Å². The first-order chi connectivity index (χ1) is 18.2. The lowest BCUT2D eigenvalue weighted by Crippen LogP contribution is -2.35. The SMILES string of the molecule is CCS(=O)(=O)c1ccc(Sc2nc(Nc3cc(C)[nH]n3)c(OC)c(N3CCC(CCN(C)C)CC3)n2)cc1. The highest BCUT2D eigenvalue weighted by molar-refractivity contribution is 7.99. The van der Waals surface area contributed by atoms with Gasteiger partial charge in [0.2, 0.25) is 5.75 Å². The molecule has 1 saturated heterocycles. The Hall–Kier alpha value is -2.83. The number of hydrogen-bond acceptors (Lipinski definition) is 10. The van der Waals surface area contributed by atoms with Gasteiger partial charge in [-0.1, -0.05) is 6.92 Å². The van der Waals surface area contributed by atoms with Gasteiger partial charge in [0.05, 0.1) is 17.8 Å². The Morgan fingerprint density at radius 3 is 2.47 bits per heavy atom. The van der Waals surface area contributed by atoms with Crippen molar-refractivity contribution in [2.45, 2.75) is 48.1 Å². The number of aromatic nitrogens is 4. The van der Waals surface area contributed by atoms with E-state index in [9.17, 15) is 8.42 Å². The van der Waals surface area contributed by atoms with Crippen molar-refractivity contribution in [3.63, 3.8) is 0 Å². The number of piperidine rings is 1. The number of hydrogen-bond donors (Lipinski definition) is 2. The molecule has 0 saturated carbocycles. The minimum atomic E-state index is -3.26. The number of methoxy groups -OCH3 is 1. The molecular formula is C26H37N7O3S2. The molecule has 2 N–H and O–H groups in total. The van der Waals surface area contributed by atoms with E-state index in [1.54, 1.807) is 38.3 Å². The van der Waals surface area contributed by atoms with E-state index in [1.165, 1.54) is 18.2 Å². The van der Waals surface area contributed by atoms with Gasteiger partial charge in [-0.15, -0.1) is 0 Å². The lowest BCUT2D eigenvalue weighted by atomic mass is 9.93. The van der Waals surface area contributed by atoms with E-state index < -0.39 is 9.84 Å². The van der Waals surface area contributed by atoms with Crippen LogP contribution in [0.15, 0.2) is 45.3 Å². The van der Waals surface area contributed by atoms with Gasteiger partial charge in [0.1, 0.15) is 0 Å². The number of aromatic amines is 1. The molecule has 3 aromatic rings. The van der Waals surface area contributed by atoms with Gasteiger partial charge in [-0.05, 0) is 88.8 Å². The highest BCUT2D eigenvalue weighted by Gasteiger charge is 2.26. The maximum atomic E-state index is 12.2.